The normalized spacial score (nSPS) is 15.7. The molecule has 3 heterocycles. The van der Waals surface area contributed by atoms with E-state index in [4.69, 9.17) is 16.7 Å². The highest BCUT2D eigenvalue weighted by molar-refractivity contribution is 6.30. The number of rotatable bonds is 2. The van der Waals surface area contributed by atoms with Crippen molar-refractivity contribution >= 4 is 28.4 Å². The minimum Gasteiger partial charge on any atom is -0.343 e. The first-order valence-corrected chi connectivity index (χ1v) is 8.85. The Bertz CT molecular complexity index is 911. The molecule has 6 heteroatoms. The average molecular weight is 355 g/mol. The number of amides is 1. The first-order chi connectivity index (χ1) is 12.1. The summed E-state index contributed by atoms with van der Waals surface area (Å²) in [7, 11) is 0. The average Bonchev–Trinajstić information content (AvgIpc) is 3.02. The van der Waals surface area contributed by atoms with Gasteiger partial charge in [-0.1, -0.05) is 23.7 Å². The SMILES string of the molecule is CC(=O)N1CCC(n2nc(-c3ccc(Cl)cc3)c3cnccc32)CC1. The number of likely N-dealkylation sites (tertiary alicyclic amines) is 1. The lowest BCUT2D eigenvalue weighted by Gasteiger charge is -2.31. The van der Waals surface area contributed by atoms with Gasteiger partial charge in [-0.05, 0) is 31.0 Å². The molecule has 4 rings (SSSR count). The van der Waals surface area contributed by atoms with Gasteiger partial charge in [0, 0.05) is 48.4 Å². The largest absolute Gasteiger partial charge is 0.343 e. The molecule has 25 heavy (non-hydrogen) atoms. The molecule has 0 unspecified atom stereocenters. The number of aromatic nitrogens is 3. The van der Waals surface area contributed by atoms with E-state index in [1.165, 1.54) is 0 Å². The summed E-state index contributed by atoms with van der Waals surface area (Å²) in [6.07, 6.45) is 5.50. The number of piperidine rings is 1. The number of pyridine rings is 1. The van der Waals surface area contributed by atoms with Gasteiger partial charge in [0.2, 0.25) is 5.91 Å². The minimum atomic E-state index is 0.148. The van der Waals surface area contributed by atoms with Crippen molar-refractivity contribution in [1.82, 2.24) is 19.7 Å². The van der Waals surface area contributed by atoms with E-state index in [-0.39, 0.29) is 5.91 Å². The molecular weight excluding hydrogens is 336 g/mol. The fourth-order valence-corrected chi connectivity index (χ4v) is 3.64. The van der Waals surface area contributed by atoms with Gasteiger partial charge in [0.15, 0.2) is 0 Å². The maximum Gasteiger partial charge on any atom is 0.219 e. The smallest absolute Gasteiger partial charge is 0.219 e. The molecule has 5 nitrogen and oxygen atoms in total. The van der Waals surface area contributed by atoms with Gasteiger partial charge in [-0.25, -0.2) is 0 Å². The van der Waals surface area contributed by atoms with Crippen LogP contribution >= 0.6 is 11.6 Å². The summed E-state index contributed by atoms with van der Waals surface area (Å²) < 4.78 is 2.11. The van der Waals surface area contributed by atoms with Crippen LogP contribution in [0.15, 0.2) is 42.7 Å². The molecule has 128 valence electrons. The Morgan fingerprint density at radius 2 is 1.88 bits per heavy atom. The second-order valence-electron chi connectivity index (χ2n) is 6.43. The Labute approximate surface area is 151 Å². The molecule has 0 atom stereocenters. The maximum atomic E-state index is 11.6. The van der Waals surface area contributed by atoms with Crippen molar-refractivity contribution in [3.8, 4) is 11.3 Å². The van der Waals surface area contributed by atoms with Gasteiger partial charge >= 0.3 is 0 Å². The topological polar surface area (TPSA) is 51.0 Å². The minimum absolute atomic E-state index is 0.148. The Balaban J connectivity index is 1.73. The number of carbonyl (C=O) groups is 1. The van der Waals surface area contributed by atoms with Crippen LogP contribution in [0.5, 0.6) is 0 Å². The summed E-state index contributed by atoms with van der Waals surface area (Å²) >= 11 is 6.01. The number of nitrogens with zero attached hydrogens (tertiary/aromatic N) is 4. The van der Waals surface area contributed by atoms with E-state index in [2.05, 4.69) is 9.67 Å². The van der Waals surface area contributed by atoms with E-state index >= 15 is 0 Å². The highest BCUT2D eigenvalue weighted by Gasteiger charge is 2.25. The number of carbonyl (C=O) groups excluding carboxylic acids is 1. The zero-order valence-electron chi connectivity index (χ0n) is 14.0. The monoisotopic (exact) mass is 354 g/mol. The Morgan fingerprint density at radius 1 is 1.16 bits per heavy atom. The molecule has 1 aromatic carbocycles. The Hall–Kier alpha value is -2.40. The predicted octanol–water partition coefficient (Wildman–Crippen LogP) is 3.94. The van der Waals surface area contributed by atoms with Crippen LogP contribution in [0.25, 0.3) is 22.2 Å². The number of halogens is 1. The fraction of sp³-hybridized carbons (Fsp3) is 0.316. The van der Waals surface area contributed by atoms with Crippen LogP contribution in [-0.2, 0) is 4.79 Å². The third-order valence-electron chi connectivity index (χ3n) is 4.88. The van der Waals surface area contributed by atoms with Crippen LogP contribution in [0.3, 0.4) is 0 Å². The zero-order valence-corrected chi connectivity index (χ0v) is 14.8. The molecular formula is C19H19ClN4O. The summed E-state index contributed by atoms with van der Waals surface area (Å²) in [4.78, 5) is 17.7. The molecule has 1 aliphatic rings. The second-order valence-corrected chi connectivity index (χ2v) is 6.87. The first kappa shape index (κ1) is 16.1. The summed E-state index contributed by atoms with van der Waals surface area (Å²) in [6, 6.07) is 10.0. The fourth-order valence-electron chi connectivity index (χ4n) is 3.51. The van der Waals surface area contributed by atoms with Crippen molar-refractivity contribution in [1.29, 1.82) is 0 Å². The maximum absolute atomic E-state index is 11.6. The van der Waals surface area contributed by atoms with Crippen LogP contribution in [-0.4, -0.2) is 38.7 Å². The van der Waals surface area contributed by atoms with Crippen LogP contribution in [0.1, 0.15) is 25.8 Å². The van der Waals surface area contributed by atoms with Gasteiger partial charge in [0.25, 0.3) is 0 Å². The van der Waals surface area contributed by atoms with Gasteiger partial charge in [-0.3, -0.25) is 14.5 Å². The molecule has 3 aromatic rings. The molecule has 0 spiro atoms. The van der Waals surface area contributed by atoms with Crippen molar-refractivity contribution < 1.29 is 4.79 Å². The predicted molar refractivity (Wildman–Crippen MR) is 98.5 cm³/mol. The van der Waals surface area contributed by atoms with Gasteiger partial charge in [0.1, 0.15) is 5.69 Å². The molecule has 2 aromatic heterocycles. The zero-order chi connectivity index (χ0) is 17.4. The van der Waals surface area contributed by atoms with Crippen molar-refractivity contribution in [3.05, 3.63) is 47.7 Å². The van der Waals surface area contributed by atoms with E-state index in [1.807, 2.05) is 41.4 Å². The van der Waals surface area contributed by atoms with E-state index in [9.17, 15) is 4.79 Å². The van der Waals surface area contributed by atoms with Gasteiger partial charge in [0.05, 0.1) is 11.6 Å². The van der Waals surface area contributed by atoms with Crippen molar-refractivity contribution in [2.75, 3.05) is 13.1 Å². The van der Waals surface area contributed by atoms with Crippen LogP contribution in [0.2, 0.25) is 5.02 Å². The summed E-state index contributed by atoms with van der Waals surface area (Å²) in [6.45, 7) is 3.19. The number of benzene rings is 1. The highest BCUT2D eigenvalue weighted by atomic mass is 35.5. The second kappa shape index (κ2) is 6.48. The first-order valence-electron chi connectivity index (χ1n) is 8.47. The van der Waals surface area contributed by atoms with Crippen LogP contribution < -0.4 is 0 Å². The lowest BCUT2D eigenvalue weighted by Crippen LogP contribution is -2.37. The number of fused-ring (bicyclic) bond motifs is 1. The molecule has 0 radical (unpaired) electrons. The molecule has 1 saturated heterocycles. The molecule has 0 aliphatic carbocycles. The van der Waals surface area contributed by atoms with Crippen molar-refractivity contribution in [2.24, 2.45) is 0 Å². The van der Waals surface area contributed by atoms with Crippen LogP contribution in [0.4, 0.5) is 0 Å². The molecule has 1 fully saturated rings. The van der Waals surface area contributed by atoms with Gasteiger partial charge < -0.3 is 4.90 Å². The van der Waals surface area contributed by atoms with Crippen molar-refractivity contribution in [2.45, 2.75) is 25.8 Å². The van der Waals surface area contributed by atoms with E-state index in [0.717, 1.165) is 48.1 Å². The Kier molecular flexibility index (Phi) is 4.17. The summed E-state index contributed by atoms with van der Waals surface area (Å²) in [5.74, 6) is 0.148. The molecule has 0 saturated carbocycles. The summed E-state index contributed by atoms with van der Waals surface area (Å²) in [5.41, 5.74) is 3.04. The third kappa shape index (κ3) is 3.00. The number of hydrogen-bond donors (Lipinski definition) is 0. The molecule has 1 amide bonds. The van der Waals surface area contributed by atoms with Crippen molar-refractivity contribution in [3.63, 3.8) is 0 Å². The van der Waals surface area contributed by atoms with E-state index < -0.39 is 0 Å². The Morgan fingerprint density at radius 3 is 2.56 bits per heavy atom. The van der Waals surface area contributed by atoms with E-state index in [0.29, 0.717) is 11.1 Å². The summed E-state index contributed by atoms with van der Waals surface area (Å²) in [5, 5.41) is 6.66. The lowest BCUT2D eigenvalue weighted by atomic mass is 10.0. The highest BCUT2D eigenvalue weighted by Crippen LogP contribution is 2.32. The number of hydrogen-bond acceptors (Lipinski definition) is 3. The van der Waals surface area contributed by atoms with E-state index in [1.54, 1.807) is 13.1 Å². The third-order valence-corrected chi connectivity index (χ3v) is 5.13. The van der Waals surface area contributed by atoms with Gasteiger partial charge in [-0.2, -0.15) is 5.10 Å². The quantitative estimate of drug-likeness (QED) is 0.700. The van der Waals surface area contributed by atoms with Crippen LogP contribution in [0, 0.1) is 0 Å². The lowest BCUT2D eigenvalue weighted by molar-refractivity contribution is -0.130. The molecule has 1 aliphatic heterocycles. The molecule has 0 bridgehead atoms. The standard InChI is InChI=1S/C19H19ClN4O/c1-13(25)23-10-7-16(8-11-23)24-18-6-9-21-12-17(18)19(22-24)14-2-4-15(20)5-3-14/h2-6,9,12,16H,7-8,10-11H2,1H3. The molecule has 0 N–H and O–H groups in total. The van der Waals surface area contributed by atoms with Gasteiger partial charge in [-0.15, -0.1) is 0 Å².